The first-order valence-corrected chi connectivity index (χ1v) is 7.35. The molecule has 1 aromatic heterocycles. The summed E-state index contributed by atoms with van der Waals surface area (Å²) in [5, 5.41) is 2.72. The Morgan fingerprint density at radius 3 is 2.74 bits per heavy atom. The zero-order valence-electron chi connectivity index (χ0n) is 13.1. The third-order valence-corrected chi connectivity index (χ3v) is 3.23. The van der Waals surface area contributed by atoms with Crippen molar-refractivity contribution < 1.29 is 13.9 Å². The summed E-state index contributed by atoms with van der Waals surface area (Å²) in [6.45, 7) is 5.39. The molecule has 0 saturated heterocycles. The molecule has 0 unspecified atom stereocenters. The topological polar surface area (TPSA) is 64.1 Å². The Hall–Kier alpha value is -2.21. The first-order chi connectivity index (χ1) is 10.8. The second-order valence-corrected chi connectivity index (χ2v) is 6.26. The van der Waals surface area contributed by atoms with Crippen molar-refractivity contribution in [1.29, 1.82) is 0 Å². The predicted molar refractivity (Wildman–Crippen MR) is 86.7 cm³/mol. The van der Waals surface area contributed by atoms with Crippen molar-refractivity contribution in [3.05, 3.63) is 41.6 Å². The Kier molecular flexibility index (Phi) is 5.15. The average Bonchev–Trinajstić information content (AvgIpc) is 2.48. The Morgan fingerprint density at radius 1 is 1.35 bits per heavy atom. The molecule has 1 heterocycles. The second-order valence-electron chi connectivity index (χ2n) is 5.92. The molecule has 0 radical (unpaired) electrons. The molecule has 2 aromatic rings. The summed E-state index contributed by atoms with van der Waals surface area (Å²) in [5.74, 6) is -0.332. The number of benzene rings is 1. The predicted octanol–water partition coefficient (Wildman–Crippen LogP) is 4.01. The van der Waals surface area contributed by atoms with Gasteiger partial charge in [-0.05, 0) is 23.7 Å². The number of carbonyl (C=O) groups is 1. The molecular weight excluding hydrogens is 321 g/mol. The van der Waals surface area contributed by atoms with E-state index in [4.69, 9.17) is 16.3 Å². The molecule has 0 aliphatic rings. The molecule has 5 nitrogen and oxygen atoms in total. The Morgan fingerprint density at radius 2 is 2.04 bits per heavy atom. The minimum Gasteiger partial charge on any atom is -0.484 e. The highest BCUT2D eigenvalue weighted by molar-refractivity contribution is 6.28. The van der Waals surface area contributed by atoms with Gasteiger partial charge < -0.3 is 10.1 Å². The number of hydrogen-bond acceptors (Lipinski definition) is 5. The zero-order chi connectivity index (χ0) is 17.0. The van der Waals surface area contributed by atoms with E-state index in [1.807, 2.05) is 20.8 Å². The van der Waals surface area contributed by atoms with Gasteiger partial charge in [0.2, 0.25) is 5.28 Å². The molecule has 23 heavy (non-hydrogen) atoms. The van der Waals surface area contributed by atoms with Crippen LogP contribution in [0.1, 0.15) is 20.8 Å². The van der Waals surface area contributed by atoms with Crippen LogP contribution < -0.4 is 10.1 Å². The molecule has 0 spiro atoms. The summed E-state index contributed by atoms with van der Waals surface area (Å²) in [4.78, 5) is 19.3. The van der Waals surface area contributed by atoms with Crippen LogP contribution in [0.4, 0.5) is 15.9 Å². The van der Waals surface area contributed by atoms with Crippen LogP contribution in [-0.2, 0) is 4.79 Å². The molecule has 0 amide bonds. The monoisotopic (exact) mass is 337 g/mol. The minimum atomic E-state index is -0.644. The maximum atomic E-state index is 13.7. The fourth-order valence-electron chi connectivity index (χ4n) is 1.62. The van der Waals surface area contributed by atoms with Crippen molar-refractivity contribution in [1.82, 2.24) is 9.97 Å². The number of Topliss-reactive ketones (excluding diaryl/α,β-unsaturated/α-hetero) is 1. The maximum Gasteiger partial charge on any atom is 0.224 e. The molecule has 1 N–H and O–H groups in total. The van der Waals surface area contributed by atoms with Crippen molar-refractivity contribution >= 4 is 28.9 Å². The number of carbonyl (C=O) groups excluding carboxylic acids is 1. The lowest BCUT2D eigenvalue weighted by molar-refractivity contribution is -0.128. The van der Waals surface area contributed by atoms with Gasteiger partial charge in [0.25, 0.3) is 0 Å². The number of rotatable bonds is 5. The lowest BCUT2D eigenvalue weighted by Crippen LogP contribution is -2.26. The molecule has 0 fully saturated rings. The van der Waals surface area contributed by atoms with E-state index in [9.17, 15) is 9.18 Å². The number of para-hydroxylation sites is 2. The highest BCUT2D eigenvalue weighted by Gasteiger charge is 2.22. The lowest BCUT2D eigenvalue weighted by Gasteiger charge is -2.18. The van der Waals surface area contributed by atoms with Crippen molar-refractivity contribution in [3.8, 4) is 5.75 Å². The van der Waals surface area contributed by atoms with Crippen LogP contribution in [0.2, 0.25) is 5.28 Å². The molecule has 0 atom stereocenters. The number of ether oxygens (including phenoxy) is 1. The van der Waals surface area contributed by atoms with Crippen molar-refractivity contribution in [2.45, 2.75) is 20.8 Å². The summed E-state index contributed by atoms with van der Waals surface area (Å²) in [6, 6.07) is 6.87. The third-order valence-electron chi connectivity index (χ3n) is 3.05. The molecule has 1 aromatic carbocycles. The molecule has 7 heteroatoms. The molecular formula is C16H17ClFN3O2. The summed E-state index contributed by atoms with van der Waals surface area (Å²) >= 11 is 5.67. The molecule has 122 valence electrons. The smallest absolute Gasteiger partial charge is 0.224 e. The van der Waals surface area contributed by atoms with E-state index < -0.39 is 11.2 Å². The number of hydrogen-bond donors (Lipinski definition) is 1. The van der Waals surface area contributed by atoms with Gasteiger partial charge in [0.05, 0.1) is 11.9 Å². The van der Waals surface area contributed by atoms with Gasteiger partial charge >= 0.3 is 0 Å². The fourth-order valence-corrected chi connectivity index (χ4v) is 1.75. The van der Waals surface area contributed by atoms with Gasteiger partial charge in [0.15, 0.2) is 17.4 Å². The van der Waals surface area contributed by atoms with Gasteiger partial charge in [-0.3, -0.25) is 4.79 Å². The summed E-state index contributed by atoms with van der Waals surface area (Å²) in [7, 11) is 0. The molecule has 0 aliphatic heterocycles. The van der Waals surface area contributed by atoms with Gasteiger partial charge in [0.1, 0.15) is 12.4 Å². The number of halogens is 2. The lowest BCUT2D eigenvalue weighted by atomic mass is 9.91. The first-order valence-electron chi connectivity index (χ1n) is 6.97. The Balaban J connectivity index is 2.18. The van der Waals surface area contributed by atoms with Crippen LogP contribution >= 0.6 is 11.6 Å². The van der Waals surface area contributed by atoms with Gasteiger partial charge in [0, 0.05) is 5.41 Å². The normalized spacial score (nSPS) is 11.2. The highest BCUT2D eigenvalue weighted by atomic mass is 35.5. The van der Waals surface area contributed by atoms with Gasteiger partial charge in [-0.25, -0.2) is 9.37 Å². The first kappa shape index (κ1) is 17.1. The molecule has 0 bridgehead atoms. The van der Waals surface area contributed by atoms with E-state index in [0.717, 1.165) is 6.20 Å². The van der Waals surface area contributed by atoms with Crippen LogP contribution in [0.3, 0.4) is 0 Å². The van der Waals surface area contributed by atoms with Gasteiger partial charge in [-0.1, -0.05) is 32.9 Å². The largest absolute Gasteiger partial charge is 0.484 e. The van der Waals surface area contributed by atoms with E-state index in [1.165, 1.54) is 0 Å². The maximum absolute atomic E-state index is 13.7. The van der Waals surface area contributed by atoms with E-state index in [2.05, 4.69) is 15.3 Å². The van der Waals surface area contributed by atoms with E-state index >= 15 is 0 Å². The van der Waals surface area contributed by atoms with Crippen LogP contribution in [0.15, 0.2) is 30.5 Å². The fraction of sp³-hybridized carbons (Fsp3) is 0.312. The van der Waals surface area contributed by atoms with Crippen LogP contribution in [0.25, 0.3) is 0 Å². The van der Waals surface area contributed by atoms with Crippen LogP contribution in [0.5, 0.6) is 5.75 Å². The van der Waals surface area contributed by atoms with Gasteiger partial charge in [-0.15, -0.1) is 0 Å². The zero-order valence-corrected chi connectivity index (χ0v) is 13.8. The summed E-state index contributed by atoms with van der Waals surface area (Å²) < 4.78 is 19.3. The number of nitrogens with zero attached hydrogens (tertiary/aromatic N) is 2. The number of ketones is 1. The molecule has 0 saturated carbocycles. The summed E-state index contributed by atoms with van der Waals surface area (Å²) in [6.07, 6.45) is 0.976. The number of anilines is 2. The SMILES string of the molecule is CC(C)(C)C(=O)COc1ccccc1Nc1nc(Cl)ncc1F. The van der Waals surface area contributed by atoms with Crippen molar-refractivity contribution in [3.63, 3.8) is 0 Å². The third kappa shape index (κ3) is 4.63. The van der Waals surface area contributed by atoms with E-state index in [1.54, 1.807) is 24.3 Å². The quantitative estimate of drug-likeness (QED) is 0.835. The van der Waals surface area contributed by atoms with Gasteiger partial charge in [-0.2, -0.15) is 4.98 Å². The Bertz CT molecular complexity index is 717. The van der Waals surface area contributed by atoms with E-state index in [-0.39, 0.29) is 23.5 Å². The summed E-state index contributed by atoms with van der Waals surface area (Å²) in [5.41, 5.74) is -0.0165. The van der Waals surface area contributed by atoms with E-state index in [0.29, 0.717) is 11.4 Å². The van der Waals surface area contributed by atoms with Crippen LogP contribution in [0, 0.1) is 11.2 Å². The molecule has 0 aliphatic carbocycles. The Labute approximate surface area is 138 Å². The standard InChI is InChI=1S/C16H17ClFN3O2/c1-16(2,3)13(22)9-23-12-7-5-4-6-11(12)20-14-10(18)8-19-15(17)21-14/h4-8H,9H2,1-3H3,(H,19,20,21). The average molecular weight is 338 g/mol. The van der Waals surface area contributed by atoms with Crippen LogP contribution in [-0.4, -0.2) is 22.4 Å². The van der Waals surface area contributed by atoms with Crippen molar-refractivity contribution in [2.24, 2.45) is 5.41 Å². The minimum absolute atomic E-state index is 0.0384. The second kappa shape index (κ2) is 6.91. The highest BCUT2D eigenvalue weighted by Crippen LogP contribution is 2.28. The molecule has 2 rings (SSSR count). The number of nitrogens with one attached hydrogen (secondary N) is 1. The van der Waals surface area contributed by atoms with Crippen molar-refractivity contribution in [2.75, 3.05) is 11.9 Å². The number of aromatic nitrogens is 2.